The van der Waals surface area contributed by atoms with Crippen LogP contribution in [0, 0.1) is 0 Å². The smallest absolute Gasteiger partial charge is 0.258 e. The largest absolute Gasteiger partial charge is 0.331 e. The second-order valence-corrected chi connectivity index (χ2v) is 8.07. The van der Waals surface area contributed by atoms with Crippen molar-refractivity contribution < 1.29 is 4.79 Å². The summed E-state index contributed by atoms with van der Waals surface area (Å²) >= 11 is 6.06. The molecule has 1 amide bonds. The van der Waals surface area contributed by atoms with Gasteiger partial charge in [0.25, 0.3) is 11.5 Å². The first-order valence-electron chi connectivity index (χ1n) is 10.6. The maximum absolute atomic E-state index is 13.4. The molecular weight excluding hydrogens is 422 g/mol. The Hall–Kier alpha value is -3.44. The first-order chi connectivity index (χ1) is 15.5. The molecule has 0 saturated heterocycles. The van der Waals surface area contributed by atoms with Crippen molar-refractivity contribution in [2.45, 2.75) is 26.3 Å². The lowest BCUT2D eigenvalue weighted by Gasteiger charge is -2.22. The molecular formula is C26H24ClN3O2. The minimum Gasteiger partial charge on any atom is -0.331 e. The number of aromatic nitrogens is 2. The Morgan fingerprint density at radius 3 is 2.53 bits per heavy atom. The van der Waals surface area contributed by atoms with E-state index >= 15 is 0 Å². The second kappa shape index (κ2) is 9.79. The van der Waals surface area contributed by atoms with Gasteiger partial charge < -0.3 is 9.88 Å². The Kier molecular flexibility index (Phi) is 6.66. The zero-order valence-electron chi connectivity index (χ0n) is 17.8. The van der Waals surface area contributed by atoms with Crippen LogP contribution < -0.4 is 5.56 Å². The maximum Gasteiger partial charge on any atom is 0.258 e. The van der Waals surface area contributed by atoms with Crippen LogP contribution in [0.1, 0.15) is 34.2 Å². The molecule has 0 aliphatic rings. The Balaban J connectivity index is 1.57. The van der Waals surface area contributed by atoms with E-state index < -0.39 is 0 Å². The number of rotatable bonds is 7. The van der Waals surface area contributed by atoms with Crippen LogP contribution in [-0.4, -0.2) is 27.3 Å². The molecule has 0 aliphatic carbocycles. The van der Waals surface area contributed by atoms with Gasteiger partial charge in [0.15, 0.2) is 0 Å². The predicted molar refractivity (Wildman–Crippen MR) is 128 cm³/mol. The molecule has 1 N–H and O–H groups in total. The summed E-state index contributed by atoms with van der Waals surface area (Å²) in [5.41, 5.74) is 3.19. The van der Waals surface area contributed by atoms with Gasteiger partial charge in [0.2, 0.25) is 0 Å². The number of H-pyrrole nitrogens is 1. The number of carbonyl (C=O) groups is 1. The Morgan fingerprint density at radius 1 is 1.00 bits per heavy atom. The molecule has 3 aromatic carbocycles. The molecule has 4 aromatic rings. The molecule has 0 atom stereocenters. The fourth-order valence-corrected chi connectivity index (χ4v) is 3.95. The summed E-state index contributed by atoms with van der Waals surface area (Å²) in [4.78, 5) is 34.9. The van der Waals surface area contributed by atoms with Crippen molar-refractivity contribution in [2.24, 2.45) is 0 Å². The van der Waals surface area contributed by atoms with Crippen LogP contribution in [0.5, 0.6) is 0 Å². The average molecular weight is 446 g/mol. The molecule has 0 saturated carbocycles. The van der Waals surface area contributed by atoms with Crippen molar-refractivity contribution in [1.29, 1.82) is 0 Å². The summed E-state index contributed by atoms with van der Waals surface area (Å²) in [6.07, 6.45) is 1.63. The van der Waals surface area contributed by atoms with E-state index in [0.717, 1.165) is 18.4 Å². The van der Waals surface area contributed by atoms with Crippen molar-refractivity contribution >= 4 is 28.4 Å². The summed E-state index contributed by atoms with van der Waals surface area (Å²) < 4.78 is 0. The first-order valence-corrected chi connectivity index (χ1v) is 11.0. The molecule has 4 rings (SSSR count). The van der Waals surface area contributed by atoms with Crippen LogP contribution in [0.3, 0.4) is 0 Å². The molecule has 0 unspecified atom stereocenters. The van der Waals surface area contributed by atoms with Gasteiger partial charge in [-0.3, -0.25) is 9.59 Å². The zero-order valence-corrected chi connectivity index (χ0v) is 18.6. The minimum absolute atomic E-state index is 0.0787. The van der Waals surface area contributed by atoms with Crippen LogP contribution in [0.15, 0.2) is 77.6 Å². The molecule has 6 heteroatoms. The molecule has 1 heterocycles. The number of hydrogen-bond acceptors (Lipinski definition) is 3. The Bertz CT molecular complexity index is 1300. The number of aryl methyl sites for hydroxylation is 2. The fraction of sp³-hybridized carbons (Fsp3) is 0.192. The third-order valence-corrected chi connectivity index (χ3v) is 5.74. The van der Waals surface area contributed by atoms with Crippen LogP contribution >= 0.6 is 11.6 Å². The highest BCUT2D eigenvalue weighted by atomic mass is 35.5. The van der Waals surface area contributed by atoms with Crippen LogP contribution in [0.2, 0.25) is 5.02 Å². The highest BCUT2D eigenvalue weighted by Crippen LogP contribution is 2.18. The maximum atomic E-state index is 13.4. The van der Waals surface area contributed by atoms with Crippen LogP contribution in [-0.2, 0) is 19.4 Å². The third-order valence-electron chi connectivity index (χ3n) is 5.50. The van der Waals surface area contributed by atoms with E-state index in [0.29, 0.717) is 33.9 Å². The number of benzene rings is 3. The molecule has 0 aliphatic heterocycles. The average Bonchev–Trinajstić information content (AvgIpc) is 2.81. The number of nitrogens with one attached hydrogen (secondary N) is 1. The standard InChI is InChI=1S/C26H24ClN3O2/c1-2-30(17-24-28-23-16-20(27)14-15-22(23)25(31)29-24)26(32)21-11-7-6-10-19(21)13-12-18-8-4-3-5-9-18/h3-11,14-16H,2,12-13,17H2,1H3,(H,28,29,31). The number of aromatic amines is 1. The predicted octanol–water partition coefficient (Wildman–Crippen LogP) is 5.02. The quantitative estimate of drug-likeness (QED) is 0.434. The lowest BCUT2D eigenvalue weighted by molar-refractivity contribution is 0.0747. The van der Waals surface area contributed by atoms with E-state index in [9.17, 15) is 9.59 Å². The summed E-state index contributed by atoms with van der Waals surface area (Å²) in [6, 6.07) is 22.9. The molecule has 0 spiro atoms. The topological polar surface area (TPSA) is 66.1 Å². The van der Waals surface area contributed by atoms with E-state index in [4.69, 9.17) is 11.6 Å². The van der Waals surface area contributed by atoms with E-state index in [1.54, 1.807) is 23.1 Å². The second-order valence-electron chi connectivity index (χ2n) is 7.64. The molecule has 1 aromatic heterocycles. The van der Waals surface area contributed by atoms with Gasteiger partial charge in [0.05, 0.1) is 17.4 Å². The number of hydrogen-bond donors (Lipinski definition) is 1. The lowest BCUT2D eigenvalue weighted by atomic mass is 9.99. The van der Waals surface area contributed by atoms with Crippen molar-refractivity contribution in [3.05, 3.63) is 111 Å². The highest BCUT2D eigenvalue weighted by molar-refractivity contribution is 6.31. The highest BCUT2D eigenvalue weighted by Gasteiger charge is 2.19. The van der Waals surface area contributed by atoms with Gasteiger partial charge in [-0.25, -0.2) is 4.98 Å². The van der Waals surface area contributed by atoms with Gasteiger partial charge in [-0.05, 0) is 55.2 Å². The van der Waals surface area contributed by atoms with Gasteiger partial charge in [0.1, 0.15) is 5.82 Å². The number of amides is 1. The van der Waals surface area contributed by atoms with Crippen molar-refractivity contribution in [3.63, 3.8) is 0 Å². The summed E-state index contributed by atoms with van der Waals surface area (Å²) in [7, 11) is 0. The number of carbonyl (C=O) groups excluding carboxylic acids is 1. The van der Waals surface area contributed by atoms with Crippen molar-refractivity contribution in [2.75, 3.05) is 6.54 Å². The van der Waals surface area contributed by atoms with Gasteiger partial charge in [-0.2, -0.15) is 0 Å². The zero-order chi connectivity index (χ0) is 22.5. The van der Waals surface area contributed by atoms with Gasteiger partial charge >= 0.3 is 0 Å². The summed E-state index contributed by atoms with van der Waals surface area (Å²) in [5.74, 6) is 0.353. The SMILES string of the molecule is CCN(Cc1nc2cc(Cl)ccc2c(=O)[nH]1)C(=O)c1ccccc1CCc1ccccc1. The number of nitrogens with zero attached hydrogens (tertiary/aromatic N) is 2. The molecule has 32 heavy (non-hydrogen) atoms. The monoisotopic (exact) mass is 445 g/mol. The Labute approximate surface area is 191 Å². The number of fused-ring (bicyclic) bond motifs is 1. The van der Waals surface area contributed by atoms with Crippen LogP contribution in [0.25, 0.3) is 10.9 Å². The van der Waals surface area contributed by atoms with E-state index in [1.807, 2.05) is 49.4 Å². The van der Waals surface area contributed by atoms with Crippen LogP contribution in [0.4, 0.5) is 0 Å². The molecule has 0 bridgehead atoms. The van der Waals surface area contributed by atoms with E-state index in [2.05, 4.69) is 22.1 Å². The number of halogens is 1. The Morgan fingerprint density at radius 2 is 1.75 bits per heavy atom. The molecule has 0 fully saturated rings. The van der Waals surface area contributed by atoms with Crippen molar-refractivity contribution in [1.82, 2.24) is 14.9 Å². The van der Waals surface area contributed by atoms with E-state index in [1.165, 1.54) is 5.56 Å². The van der Waals surface area contributed by atoms with Gasteiger partial charge in [-0.1, -0.05) is 60.1 Å². The minimum atomic E-state index is -0.242. The lowest BCUT2D eigenvalue weighted by Crippen LogP contribution is -2.32. The molecule has 5 nitrogen and oxygen atoms in total. The summed E-state index contributed by atoms with van der Waals surface area (Å²) in [5, 5.41) is 0.983. The van der Waals surface area contributed by atoms with Crippen molar-refractivity contribution in [3.8, 4) is 0 Å². The first kappa shape index (κ1) is 21.8. The van der Waals surface area contributed by atoms with E-state index in [-0.39, 0.29) is 18.0 Å². The normalized spacial score (nSPS) is 10.9. The van der Waals surface area contributed by atoms with Gasteiger partial charge in [-0.15, -0.1) is 0 Å². The van der Waals surface area contributed by atoms with Gasteiger partial charge in [0, 0.05) is 17.1 Å². The molecule has 0 radical (unpaired) electrons. The summed E-state index contributed by atoms with van der Waals surface area (Å²) in [6.45, 7) is 2.61. The third kappa shape index (κ3) is 4.89. The fourth-order valence-electron chi connectivity index (χ4n) is 3.78. The molecule has 162 valence electrons.